The monoisotopic (exact) mass is 290 g/mol. The summed E-state index contributed by atoms with van der Waals surface area (Å²) in [7, 11) is 0. The van der Waals surface area contributed by atoms with Gasteiger partial charge in [0, 0.05) is 17.6 Å². The fourth-order valence-corrected chi connectivity index (χ4v) is 2.47. The lowest BCUT2D eigenvalue weighted by atomic mass is 9.92. The van der Waals surface area contributed by atoms with Crippen molar-refractivity contribution < 1.29 is 9.53 Å². The summed E-state index contributed by atoms with van der Waals surface area (Å²) in [6.45, 7) is 10.3. The summed E-state index contributed by atoms with van der Waals surface area (Å²) in [5, 5.41) is 2.87. The molecule has 4 nitrogen and oxygen atoms in total. The molecular formula is C17H26N2O2. The van der Waals surface area contributed by atoms with Crippen molar-refractivity contribution in [2.75, 3.05) is 11.9 Å². The molecule has 0 aliphatic heterocycles. The van der Waals surface area contributed by atoms with Crippen LogP contribution >= 0.6 is 0 Å². The summed E-state index contributed by atoms with van der Waals surface area (Å²) in [5.74, 6) is 0. The quantitative estimate of drug-likeness (QED) is 0.893. The van der Waals surface area contributed by atoms with E-state index < -0.39 is 11.7 Å². The normalized spacial score (nSPS) is 16.5. The number of anilines is 1. The number of hydrogen-bond donors (Lipinski definition) is 2. The molecule has 21 heavy (non-hydrogen) atoms. The summed E-state index contributed by atoms with van der Waals surface area (Å²) in [6, 6.07) is 4.24. The van der Waals surface area contributed by atoms with Crippen molar-refractivity contribution >= 4 is 11.8 Å². The summed E-state index contributed by atoms with van der Waals surface area (Å²) in [6.07, 6.45) is 1.83. The summed E-state index contributed by atoms with van der Waals surface area (Å²) < 4.78 is 5.33. The van der Waals surface area contributed by atoms with E-state index >= 15 is 0 Å². The number of nitrogens with two attached hydrogens (primary N) is 1. The Morgan fingerprint density at radius 1 is 1.33 bits per heavy atom. The number of rotatable bonds is 3. The SMILES string of the molecule is Cc1cc(C2(CN)CC2)cc(NC(=O)OC(C)(C)C)c1C. The van der Waals surface area contributed by atoms with Gasteiger partial charge in [0.15, 0.2) is 0 Å². The third kappa shape index (κ3) is 3.56. The van der Waals surface area contributed by atoms with Gasteiger partial charge in [-0.2, -0.15) is 0 Å². The third-order valence-corrected chi connectivity index (χ3v) is 4.16. The molecule has 1 amide bonds. The van der Waals surface area contributed by atoms with Crippen molar-refractivity contribution in [3.63, 3.8) is 0 Å². The molecule has 1 aliphatic rings. The maximum Gasteiger partial charge on any atom is 0.412 e. The number of benzene rings is 1. The summed E-state index contributed by atoms with van der Waals surface area (Å²) in [5.41, 5.74) is 9.80. The second-order valence-electron chi connectivity index (χ2n) is 7.08. The number of amides is 1. The first-order valence-electron chi connectivity index (χ1n) is 7.49. The average molecular weight is 290 g/mol. The first-order valence-corrected chi connectivity index (χ1v) is 7.49. The van der Waals surface area contributed by atoms with Gasteiger partial charge < -0.3 is 10.5 Å². The van der Waals surface area contributed by atoms with Crippen LogP contribution in [-0.4, -0.2) is 18.2 Å². The van der Waals surface area contributed by atoms with Crippen LogP contribution in [0.3, 0.4) is 0 Å². The fourth-order valence-electron chi connectivity index (χ4n) is 2.47. The van der Waals surface area contributed by atoms with Gasteiger partial charge in [-0.3, -0.25) is 5.32 Å². The van der Waals surface area contributed by atoms with Gasteiger partial charge in [0.2, 0.25) is 0 Å². The van der Waals surface area contributed by atoms with E-state index in [1.54, 1.807) is 0 Å². The molecule has 2 rings (SSSR count). The molecular weight excluding hydrogens is 264 g/mol. The van der Waals surface area contributed by atoms with E-state index in [0.717, 1.165) is 24.1 Å². The zero-order chi connectivity index (χ0) is 15.8. The highest BCUT2D eigenvalue weighted by Gasteiger charge is 2.43. The molecule has 0 radical (unpaired) electrons. The molecule has 1 aromatic carbocycles. The Morgan fingerprint density at radius 2 is 1.95 bits per heavy atom. The Labute approximate surface area is 127 Å². The zero-order valence-corrected chi connectivity index (χ0v) is 13.7. The minimum absolute atomic E-state index is 0.114. The van der Waals surface area contributed by atoms with Gasteiger partial charge in [-0.05, 0) is 70.2 Å². The molecule has 1 fully saturated rings. The molecule has 1 aromatic rings. The standard InChI is InChI=1S/C17H26N2O2/c1-11-8-13(17(10-18)6-7-17)9-14(12(11)2)19-15(20)21-16(3,4)5/h8-9H,6-7,10,18H2,1-5H3,(H,19,20). The van der Waals surface area contributed by atoms with Crippen molar-refractivity contribution in [3.8, 4) is 0 Å². The van der Waals surface area contributed by atoms with Crippen LogP contribution in [0.15, 0.2) is 12.1 Å². The highest BCUT2D eigenvalue weighted by Crippen LogP contribution is 2.48. The largest absolute Gasteiger partial charge is 0.444 e. The molecule has 116 valence electrons. The van der Waals surface area contributed by atoms with Crippen LogP contribution in [-0.2, 0) is 10.2 Å². The Morgan fingerprint density at radius 3 is 2.43 bits per heavy atom. The minimum atomic E-state index is -0.500. The van der Waals surface area contributed by atoms with Gasteiger partial charge in [0.25, 0.3) is 0 Å². The van der Waals surface area contributed by atoms with Crippen molar-refractivity contribution in [2.24, 2.45) is 5.73 Å². The average Bonchev–Trinajstić information content (AvgIpc) is 3.13. The Kier molecular flexibility index (Phi) is 4.02. The molecule has 0 spiro atoms. The van der Waals surface area contributed by atoms with Crippen LogP contribution in [0, 0.1) is 13.8 Å². The van der Waals surface area contributed by atoms with Crippen LogP contribution in [0.25, 0.3) is 0 Å². The Bertz CT molecular complexity index is 555. The van der Waals surface area contributed by atoms with Crippen molar-refractivity contribution in [1.29, 1.82) is 0 Å². The first kappa shape index (κ1) is 15.8. The lowest BCUT2D eigenvalue weighted by molar-refractivity contribution is 0.0636. The molecule has 0 aromatic heterocycles. The van der Waals surface area contributed by atoms with E-state index in [4.69, 9.17) is 10.5 Å². The van der Waals surface area contributed by atoms with Crippen LogP contribution in [0.1, 0.15) is 50.3 Å². The summed E-state index contributed by atoms with van der Waals surface area (Å²) >= 11 is 0. The maximum absolute atomic E-state index is 12.0. The van der Waals surface area contributed by atoms with E-state index in [1.807, 2.05) is 33.8 Å². The second-order valence-corrected chi connectivity index (χ2v) is 7.08. The number of ether oxygens (including phenoxy) is 1. The van der Waals surface area contributed by atoms with Crippen molar-refractivity contribution in [3.05, 3.63) is 28.8 Å². The Hall–Kier alpha value is -1.55. The smallest absolute Gasteiger partial charge is 0.412 e. The van der Waals surface area contributed by atoms with Crippen LogP contribution in [0.2, 0.25) is 0 Å². The van der Waals surface area contributed by atoms with E-state index in [0.29, 0.717) is 6.54 Å². The Balaban J connectivity index is 2.25. The van der Waals surface area contributed by atoms with Gasteiger partial charge >= 0.3 is 6.09 Å². The van der Waals surface area contributed by atoms with Crippen molar-refractivity contribution in [2.45, 2.75) is 58.5 Å². The molecule has 4 heteroatoms. The van der Waals surface area contributed by atoms with E-state index in [-0.39, 0.29) is 5.41 Å². The molecule has 0 heterocycles. The molecule has 1 saturated carbocycles. The topological polar surface area (TPSA) is 64.3 Å². The number of hydrogen-bond acceptors (Lipinski definition) is 3. The van der Waals surface area contributed by atoms with Gasteiger partial charge in [-0.25, -0.2) is 4.79 Å². The predicted octanol–water partition coefficient (Wildman–Crippen LogP) is 3.64. The molecule has 0 unspecified atom stereocenters. The van der Waals surface area contributed by atoms with Gasteiger partial charge in [0.1, 0.15) is 5.60 Å². The molecule has 3 N–H and O–H groups in total. The number of aryl methyl sites for hydroxylation is 1. The molecule has 0 atom stereocenters. The zero-order valence-electron chi connectivity index (χ0n) is 13.7. The van der Waals surface area contributed by atoms with Gasteiger partial charge in [-0.1, -0.05) is 6.07 Å². The highest BCUT2D eigenvalue weighted by molar-refractivity contribution is 5.86. The van der Waals surface area contributed by atoms with E-state index in [1.165, 1.54) is 11.1 Å². The fraction of sp³-hybridized carbons (Fsp3) is 0.588. The molecule has 1 aliphatic carbocycles. The third-order valence-electron chi connectivity index (χ3n) is 4.16. The molecule has 0 saturated heterocycles. The van der Waals surface area contributed by atoms with Crippen molar-refractivity contribution in [1.82, 2.24) is 0 Å². The van der Waals surface area contributed by atoms with E-state index in [9.17, 15) is 4.79 Å². The van der Waals surface area contributed by atoms with Crippen LogP contribution in [0.5, 0.6) is 0 Å². The van der Waals surface area contributed by atoms with Crippen LogP contribution in [0.4, 0.5) is 10.5 Å². The highest BCUT2D eigenvalue weighted by atomic mass is 16.6. The van der Waals surface area contributed by atoms with E-state index in [2.05, 4.69) is 18.3 Å². The van der Waals surface area contributed by atoms with Gasteiger partial charge in [-0.15, -0.1) is 0 Å². The van der Waals surface area contributed by atoms with Gasteiger partial charge in [0.05, 0.1) is 0 Å². The number of carbonyl (C=O) groups excluding carboxylic acids is 1. The summed E-state index contributed by atoms with van der Waals surface area (Å²) in [4.78, 5) is 12.0. The number of carbonyl (C=O) groups is 1. The predicted molar refractivity (Wildman–Crippen MR) is 85.7 cm³/mol. The first-order chi connectivity index (χ1) is 9.67. The van der Waals surface area contributed by atoms with Crippen LogP contribution < -0.4 is 11.1 Å². The molecule has 0 bridgehead atoms. The number of nitrogens with one attached hydrogen (secondary N) is 1. The second kappa shape index (κ2) is 5.34. The lowest BCUT2D eigenvalue weighted by Crippen LogP contribution is -2.27. The minimum Gasteiger partial charge on any atom is -0.444 e. The lowest BCUT2D eigenvalue weighted by Gasteiger charge is -2.22. The maximum atomic E-state index is 12.0.